The Hall–Kier alpha value is -2.29. The van der Waals surface area contributed by atoms with E-state index >= 15 is 0 Å². The number of aryl methyl sites for hydroxylation is 1. The molecule has 0 radical (unpaired) electrons. The third kappa shape index (κ3) is 9.65. The lowest BCUT2D eigenvalue weighted by Gasteiger charge is -2.22. The molecule has 0 spiro atoms. The highest BCUT2D eigenvalue weighted by Gasteiger charge is 2.35. The van der Waals surface area contributed by atoms with E-state index in [1.807, 2.05) is 0 Å². The van der Waals surface area contributed by atoms with Crippen molar-refractivity contribution in [3.05, 3.63) is 29.8 Å². The number of halogens is 3. The Balaban J connectivity index is 2.71. The summed E-state index contributed by atoms with van der Waals surface area (Å²) in [7, 11) is 0. The summed E-state index contributed by atoms with van der Waals surface area (Å²) in [5.74, 6) is -3.04. The molecule has 29 heavy (non-hydrogen) atoms. The van der Waals surface area contributed by atoms with E-state index in [-0.39, 0.29) is 12.2 Å². The Bertz CT molecular complexity index is 655. The van der Waals surface area contributed by atoms with Crippen molar-refractivity contribution >= 4 is 11.9 Å². The van der Waals surface area contributed by atoms with Crippen LogP contribution in [0.2, 0.25) is 0 Å². The van der Waals surface area contributed by atoms with Crippen LogP contribution < -0.4 is 4.74 Å². The van der Waals surface area contributed by atoms with Crippen molar-refractivity contribution in [3.63, 3.8) is 0 Å². The summed E-state index contributed by atoms with van der Waals surface area (Å²) in [6.07, 6.45) is -6.33. The van der Waals surface area contributed by atoms with Gasteiger partial charge in [0.1, 0.15) is 5.75 Å². The molecule has 2 atom stereocenters. The van der Waals surface area contributed by atoms with Crippen molar-refractivity contribution in [2.24, 2.45) is 5.92 Å². The molecule has 1 unspecified atom stereocenters. The van der Waals surface area contributed by atoms with Gasteiger partial charge in [0, 0.05) is 0 Å². The van der Waals surface area contributed by atoms with Crippen LogP contribution in [0.1, 0.15) is 46.1 Å². The molecule has 0 aliphatic heterocycles. The summed E-state index contributed by atoms with van der Waals surface area (Å²) >= 11 is 0. The van der Waals surface area contributed by atoms with Crippen molar-refractivity contribution in [1.82, 2.24) is 0 Å². The van der Waals surface area contributed by atoms with Crippen molar-refractivity contribution in [1.29, 1.82) is 0 Å². The number of benzene rings is 1. The number of carbonyl (C=O) groups excluding carboxylic acids is 2. The number of alkyl halides is 3. The number of rotatable bonds is 10. The first-order chi connectivity index (χ1) is 13.4. The van der Waals surface area contributed by atoms with Crippen LogP contribution in [0.15, 0.2) is 24.3 Å². The van der Waals surface area contributed by atoms with E-state index in [9.17, 15) is 27.9 Å². The topological polar surface area (TPSA) is 82.1 Å². The maximum atomic E-state index is 12.3. The third-order valence-electron chi connectivity index (χ3n) is 3.77. The molecule has 1 N–H and O–H groups in total. The van der Waals surface area contributed by atoms with Gasteiger partial charge in [-0.3, -0.25) is 4.79 Å². The average molecular weight is 420 g/mol. The second kappa shape index (κ2) is 11.0. The maximum absolute atomic E-state index is 12.3. The zero-order chi connectivity index (χ0) is 22.2. The van der Waals surface area contributed by atoms with Crippen LogP contribution in [0.4, 0.5) is 13.2 Å². The second-order valence-corrected chi connectivity index (χ2v) is 7.11. The highest BCUT2D eigenvalue weighted by atomic mass is 19.4. The summed E-state index contributed by atoms with van der Waals surface area (Å²) in [4.78, 5) is 24.3. The minimum absolute atomic E-state index is 0.140. The van der Waals surface area contributed by atoms with Crippen molar-refractivity contribution < 1.29 is 42.1 Å². The number of ether oxygens (including phenoxy) is 3. The molecule has 1 aromatic rings. The van der Waals surface area contributed by atoms with Crippen molar-refractivity contribution in [2.75, 3.05) is 0 Å². The molecular weight excluding hydrogens is 393 g/mol. The molecule has 0 amide bonds. The lowest BCUT2D eigenvalue weighted by molar-refractivity contribution is -0.274. The van der Waals surface area contributed by atoms with Gasteiger partial charge in [0.15, 0.2) is 6.10 Å². The van der Waals surface area contributed by atoms with Crippen molar-refractivity contribution in [2.45, 2.75) is 71.6 Å². The maximum Gasteiger partial charge on any atom is 0.573 e. The van der Waals surface area contributed by atoms with E-state index < -0.39 is 42.5 Å². The van der Waals surface area contributed by atoms with Gasteiger partial charge >= 0.3 is 18.3 Å². The molecule has 1 rings (SSSR count). The fraction of sp³-hybridized carbons (Fsp3) is 0.600. The minimum atomic E-state index is -4.76. The zero-order valence-corrected chi connectivity index (χ0v) is 16.9. The van der Waals surface area contributed by atoms with Crippen LogP contribution in [0.3, 0.4) is 0 Å². The molecule has 1 aromatic carbocycles. The molecule has 0 saturated heterocycles. The van der Waals surface area contributed by atoms with Gasteiger partial charge in [-0.1, -0.05) is 12.1 Å². The monoisotopic (exact) mass is 420 g/mol. The van der Waals surface area contributed by atoms with E-state index in [1.165, 1.54) is 24.3 Å². The summed E-state index contributed by atoms with van der Waals surface area (Å²) in [6.45, 7) is 6.55. The summed E-state index contributed by atoms with van der Waals surface area (Å²) in [5, 5.41) is 10.3. The summed E-state index contributed by atoms with van der Waals surface area (Å²) < 4.78 is 50.5. The van der Waals surface area contributed by atoms with Crippen LogP contribution in [-0.4, -0.2) is 41.7 Å². The third-order valence-corrected chi connectivity index (χ3v) is 3.77. The number of carbonyl (C=O) groups is 2. The van der Waals surface area contributed by atoms with Gasteiger partial charge in [-0.25, -0.2) is 4.79 Å². The highest BCUT2D eigenvalue weighted by Crippen LogP contribution is 2.24. The summed E-state index contributed by atoms with van der Waals surface area (Å²) in [5.41, 5.74) is 0.717. The van der Waals surface area contributed by atoms with Crippen LogP contribution in [0, 0.1) is 5.92 Å². The van der Waals surface area contributed by atoms with Crippen LogP contribution in [0.25, 0.3) is 0 Å². The number of hydrogen-bond donors (Lipinski definition) is 1. The van der Waals surface area contributed by atoms with Gasteiger partial charge in [0.2, 0.25) is 0 Å². The molecule has 0 fully saturated rings. The fourth-order valence-electron chi connectivity index (χ4n) is 2.57. The number of esters is 2. The van der Waals surface area contributed by atoms with Gasteiger partial charge in [-0.15, -0.1) is 13.2 Å². The smallest absolute Gasteiger partial charge is 0.463 e. The standard InChI is InChI=1S/C20H27F3O6/c1-12(2)27-18(25)16(17(24)19(26)28-13(3)4)7-5-6-14-8-10-15(11-9-14)29-20(21,22)23/h8-13,16-17,24H,5-7H2,1-4H3/t16?,17-/m0/s1. The lowest BCUT2D eigenvalue weighted by atomic mass is 9.94. The average Bonchev–Trinajstić information content (AvgIpc) is 2.57. The largest absolute Gasteiger partial charge is 0.573 e. The predicted molar refractivity (Wildman–Crippen MR) is 98.0 cm³/mol. The molecule has 0 saturated carbocycles. The van der Waals surface area contributed by atoms with E-state index in [0.717, 1.165) is 5.56 Å². The number of aliphatic hydroxyl groups excluding tert-OH is 1. The Kier molecular flexibility index (Phi) is 9.42. The molecule has 0 heterocycles. The fourth-order valence-corrected chi connectivity index (χ4v) is 2.57. The van der Waals surface area contributed by atoms with E-state index in [0.29, 0.717) is 12.8 Å². The minimum Gasteiger partial charge on any atom is -0.463 e. The van der Waals surface area contributed by atoms with E-state index in [4.69, 9.17) is 9.47 Å². The number of aliphatic hydroxyl groups is 1. The van der Waals surface area contributed by atoms with E-state index in [1.54, 1.807) is 27.7 Å². The Morgan fingerprint density at radius 2 is 1.48 bits per heavy atom. The Morgan fingerprint density at radius 1 is 0.966 bits per heavy atom. The first-order valence-electron chi connectivity index (χ1n) is 9.32. The second-order valence-electron chi connectivity index (χ2n) is 7.11. The molecule has 6 nitrogen and oxygen atoms in total. The van der Waals surface area contributed by atoms with Gasteiger partial charge in [-0.05, 0) is 64.7 Å². The van der Waals surface area contributed by atoms with Gasteiger partial charge in [0.25, 0.3) is 0 Å². The van der Waals surface area contributed by atoms with Gasteiger partial charge < -0.3 is 19.3 Å². The first kappa shape index (κ1) is 24.7. The normalized spacial score (nSPS) is 13.9. The van der Waals surface area contributed by atoms with Crippen LogP contribution in [-0.2, 0) is 25.5 Å². The molecule has 0 aromatic heterocycles. The van der Waals surface area contributed by atoms with Crippen molar-refractivity contribution in [3.8, 4) is 5.75 Å². The van der Waals surface area contributed by atoms with Crippen LogP contribution >= 0.6 is 0 Å². The quantitative estimate of drug-likeness (QED) is 0.580. The number of hydrogen-bond acceptors (Lipinski definition) is 6. The van der Waals surface area contributed by atoms with Gasteiger partial charge in [-0.2, -0.15) is 0 Å². The SMILES string of the molecule is CC(C)OC(=O)C(CCCc1ccc(OC(F)(F)F)cc1)[C@H](O)C(=O)OC(C)C. The summed E-state index contributed by atoms with van der Waals surface area (Å²) in [6, 6.07) is 5.35. The van der Waals surface area contributed by atoms with Crippen LogP contribution in [0.5, 0.6) is 5.75 Å². The lowest BCUT2D eigenvalue weighted by Crippen LogP contribution is -2.39. The van der Waals surface area contributed by atoms with Gasteiger partial charge in [0.05, 0.1) is 18.1 Å². The molecule has 0 aliphatic carbocycles. The zero-order valence-electron chi connectivity index (χ0n) is 16.9. The molecule has 164 valence electrons. The molecule has 9 heteroatoms. The Morgan fingerprint density at radius 3 is 1.97 bits per heavy atom. The van der Waals surface area contributed by atoms with E-state index in [2.05, 4.69) is 4.74 Å². The Labute approximate surface area is 167 Å². The molecular formula is C20H27F3O6. The molecule has 0 bridgehead atoms. The predicted octanol–water partition coefficient (Wildman–Crippen LogP) is 3.79. The first-order valence-corrected chi connectivity index (χ1v) is 9.32. The highest BCUT2D eigenvalue weighted by molar-refractivity contribution is 5.83. The molecule has 0 aliphatic rings.